The molecule has 5 nitrogen and oxygen atoms in total. The smallest absolute Gasteiger partial charge is 0.270 e. The molecule has 0 saturated carbocycles. The monoisotopic (exact) mass is 346 g/mol. The molecule has 0 aromatic heterocycles. The molecule has 1 aromatic rings. The number of hydrogen-bond acceptors (Lipinski definition) is 4. The minimum Gasteiger partial charge on any atom is -0.349 e. The van der Waals surface area contributed by atoms with E-state index < -0.39 is 4.92 Å². The van der Waals surface area contributed by atoms with Crippen LogP contribution in [-0.2, 0) is 0 Å². The van der Waals surface area contributed by atoms with E-state index in [2.05, 4.69) is 28.2 Å². The molecule has 1 unspecified atom stereocenters. The first-order chi connectivity index (χ1) is 8.95. The molecular formula is C12H15BrN2O3S. The van der Waals surface area contributed by atoms with Gasteiger partial charge in [-0.25, -0.2) is 0 Å². The maximum atomic E-state index is 12.0. The molecule has 19 heavy (non-hydrogen) atoms. The number of carbonyl (C=O) groups excluding carboxylic acids is 1. The number of amides is 1. The summed E-state index contributed by atoms with van der Waals surface area (Å²) in [6.07, 6.45) is 0. The number of nitrogens with one attached hydrogen (secondary N) is 1. The molecule has 1 amide bonds. The van der Waals surface area contributed by atoms with Crippen LogP contribution < -0.4 is 5.32 Å². The van der Waals surface area contributed by atoms with Gasteiger partial charge in [-0.05, 0) is 34.7 Å². The highest BCUT2D eigenvalue weighted by Crippen LogP contribution is 2.22. The lowest BCUT2D eigenvalue weighted by atomic mass is 10.2. The molecule has 1 aromatic carbocycles. The van der Waals surface area contributed by atoms with E-state index in [0.29, 0.717) is 4.47 Å². The molecule has 0 spiro atoms. The second-order valence-corrected chi connectivity index (χ2v) is 6.13. The maximum absolute atomic E-state index is 12.0. The molecule has 1 atom stereocenters. The Morgan fingerprint density at radius 3 is 2.84 bits per heavy atom. The summed E-state index contributed by atoms with van der Waals surface area (Å²) in [5.74, 6) is 1.50. The second kappa shape index (κ2) is 7.49. The lowest BCUT2D eigenvalue weighted by Crippen LogP contribution is -2.34. The largest absolute Gasteiger partial charge is 0.349 e. The second-order valence-electron chi connectivity index (χ2n) is 3.96. The lowest BCUT2D eigenvalue weighted by molar-refractivity contribution is -0.384. The van der Waals surface area contributed by atoms with Crippen molar-refractivity contribution in [3.8, 4) is 0 Å². The van der Waals surface area contributed by atoms with Gasteiger partial charge in [-0.3, -0.25) is 14.9 Å². The predicted octanol–water partition coefficient (Wildman–Crippen LogP) is 3.23. The van der Waals surface area contributed by atoms with E-state index >= 15 is 0 Å². The van der Waals surface area contributed by atoms with Crippen molar-refractivity contribution < 1.29 is 9.72 Å². The third-order valence-electron chi connectivity index (χ3n) is 2.35. The van der Waals surface area contributed by atoms with E-state index in [1.54, 1.807) is 11.8 Å². The highest BCUT2D eigenvalue weighted by atomic mass is 79.9. The number of benzene rings is 1. The van der Waals surface area contributed by atoms with Crippen LogP contribution in [0.5, 0.6) is 0 Å². The topological polar surface area (TPSA) is 72.2 Å². The maximum Gasteiger partial charge on any atom is 0.270 e. The molecular weight excluding hydrogens is 332 g/mol. The molecule has 0 aliphatic heterocycles. The van der Waals surface area contributed by atoms with Crippen molar-refractivity contribution in [2.24, 2.45) is 0 Å². The van der Waals surface area contributed by atoms with Crippen molar-refractivity contribution in [3.63, 3.8) is 0 Å². The van der Waals surface area contributed by atoms with E-state index in [0.717, 1.165) is 11.5 Å². The van der Waals surface area contributed by atoms with Gasteiger partial charge >= 0.3 is 0 Å². The number of non-ortho nitro benzene ring substituents is 1. The standard InChI is InChI=1S/C12H15BrN2O3S/c1-3-19-7-8(2)14-12(16)10-6-9(15(17)18)4-5-11(10)13/h4-6,8H,3,7H2,1-2H3,(H,14,16). The van der Waals surface area contributed by atoms with E-state index in [1.165, 1.54) is 18.2 Å². The van der Waals surface area contributed by atoms with E-state index in [1.807, 2.05) is 6.92 Å². The Morgan fingerprint density at radius 1 is 1.58 bits per heavy atom. The summed E-state index contributed by atoms with van der Waals surface area (Å²) >= 11 is 4.97. The van der Waals surface area contributed by atoms with Crippen LogP contribution in [0.3, 0.4) is 0 Å². The summed E-state index contributed by atoms with van der Waals surface area (Å²) in [7, 11) is 0. The molecule has 7 heteroatoms. The van der Waals surface area contributed by atoms with Crippen LogP contribution in [-0.4, -0.2) is 28.4 Å². The molecule has 104 valence electrons. The molecule has 0 saturated heterocycles. The summed E-state index contributed by atoms with van der Waals surface area (Å²) in [5.41, 5.74) is 0.187. The van der Waals surface area contributed by atoms with Gasteiger partial charge in [-0.1, -0.05) is 6.92 Å². The quantitative estimate of drug-likeness (QED) is 0.633. The van der Waals surface area contributed by atoms with Gasteiger partial charge in [0.15, 0.2) is 0 Å². The Morgan fingerprint density at radius 2 is 2.26 bits per heavy atom. The van der Waals surface area contributed by atoms with Crippen molar-refractivity contribution in [3.05, 3.63) is 38.3 Å². The Labute approximate surface area is 124 Å². The van der Waals surface area contributed by atoms with Crippen LogP contribution in [0.2, 0.25) is 0 Å². The lowest BCUT2D eigenvalue weighted by Gasteiger charge is -2.13. The highest BCUT2D eigenvalue weighted by molar-refractivity contribution is 9.10. The van der Waals surface area contributed by atoms with Gasteiger partial charge in [-0.15, -0.1) is 0 Å². The average molecular weight is 347 g/mol. The van der Waals surface area contributed by atoms with Crippen molar-refractivity contribution >= 4 is 39.3 Å². The fraction of sp³-hybridized carbons (Fsp3) is 0.417. The molecule has 0 aliphatic rings. The number of halogens is 1. The summed E-state index contributed by atoms with van der Waals surface area (Å²) in [4.78, 5) is 22.2. The SMILES string of the molecule is CCSCC(C)NC(=O)c1cc([N+](=O)[O-])ccc1Br. The number of nitrogens with zero attached hydrogens (tertiary/aromatic N) is 1. The van der Waals surface area contributed by atoms with Crippen LogP contribution in [0.15, 0.2) is 22.7 Å². The van der Waals surface area contributed by atoms with Crippen molar-refractivity contribution in [1.82, 2.24) is 5.32 Å². The predicted molar refractivity (Wildman–Crippen MR) is 80.7 cm³/mol. The van der Waals surface area contributed by atoms with Gasteiger partial charge in [0.2, 0.25) is 0 Å². The Balaban J connectivity index is 2.81. The third kappa shape index (κ3) is 4.83. The fourth-order valence-electron chi connectivity index (χ4n) is 1.44. The van der Waals surface area contributed by atoms with Crippen LogP contribution in [0.1, 0.15) is 24.2 Å². The first-order valence-electron chi connectivity index (χ1n) is 5.78. The molecule has 1 N–H and O–H groups in total. The third-order valence-corrected chi connectivity index (χ3v) is 4.19. The van der Waals surface area contributed by atoms with Crippen LogP contribution in [0, 0.1) is 10.1 Å². The first kappa shape index (κ1) is 16.0. The normalized spacial score (nSPS) is 11.9. The number of nitro groups is 1. The highest BCUT2D eigenvalue weighted by Gasteiger charge is 2.16. The molecule has 0 aliphatic carbocycles. The van der Waals surface area contributed by atoms with Crippen molar-refractivity contribution in [1.29, 1.82) is 0 Å². The number of hydrogen-bond donors (Lipinski definition) is 1. The zero-order valence-electron chi connectivity index (χ0n) is 10.7. The van der Waals surface area contributed by atoms with E-state index in [9.17, 15) is 14.9 Å². The number of carbonyl (C=O) groups is 1. The first-order valence-corrected chi connectivity index (χ1v) is 7.73. The van der Waals surface area contributed by atoms with Gasteiger partial charge in [0, 0.05) is 28.4 Å². The summed E-state index contributed by atoms with van der Waals surface area (Å²) in [6, 6.07) is 4.16. The zero-order valence-corrected chi connectivity index (χ0v) is 13.1. The Bertz CT molecular complexity index is 482. The minimum atomic E-state index is -0.514. The van der Waals surface area contributed by atoms with Gasteiger partial charge in [0.25, 0.3) is 11.6 Å². The Hall–Kier alpha value is -1.08. The minimum absolute atomic E-state index is 0.0172. The van der Waals surface area contributed by atoms with E-state index in [4.69, 9.17) is 0 Å². The van der Waals surface area contributed by atoms with Crippen LogP contribution in [0.4, 0.5) is 5.69 Å². The van der Waals surface area contributed by atoms with Crippen LogP contribution in [0.25, 0.3) is 0 Å². The number of rotatable bonds is 6. The van der Waals surface area contributed by atoms with Gasteiger partial charge < -0.3 is 5.32 Å². The molecule has 0 radical (unpaired) electrons. The van der Waals surface area contributed by atoms with Crippen molar-refractivity contribution in [2.45, 2.75) is 19.9 Å². The van der Waals surface area contributed by atoms with Crippen LogP contribution >= 0.6 is 27.7 Å². The zero-order chi connectivity index (χ0) is 14.4. The summed E-state index contributed by atoms with van der Waals surface area (Å²) < 4.78 is 0.547. The molecule has 1 rings (SSSR count). The molecule has 0 bridgehead atoms. The Kier molecular flexibility index (Phi) is 6.30. The fourth-order valence-corrected chi connectivity index (χ4v) is 2.54. The van der Waals surface area contributed by atoms with E-state index in [-0.39, 0.29) is 23.2 Å². The average Bonchev–Trinajstić information content (AvgIpc) is 2.36. The number of thioether (sulfide) groups is 1. The van der Waals surface area contributed by atoms with Gasteiger partial charge in [0.1, 0.15) is 0 Å². The number of nitro benzene ring substituents is 1. The van der Waals surface area contributed by atoms with Gasteiger partial charge in [0.05, 0.1) is 10.5 Å². The molecule has 0 heterocycles. The summed E-state index contributed by atoms with van der Waals surface area (Å²) in [6.45, 7) is 3.96. The van der Waals surface area contributed by atoms with Gasteiger partial charge in [-0.2, -0.15) is 11.8 Å². The van der Waals surface area contributed by atoms with Crippen molar-refractivity contribution in [2.75, 3.05) is 11.5 Å². The molecule has 0 fully saturated rings. The summed E-state index contributed by atoms with van der Waals surface area (Å²) in [5, 5.41) is 13.5.